The summed E-state index contributed by atoms with van der Waals surface area (Å²) in [7, 11) is 0. The van der Waals surface area contributed by atoms with Crippen molar-refractivity contribution in [2.45, 2.75) is 12.8 Å². The Morgan fingerprint density at radius 3 is 1.59 bits per heavy atom. The maximum absolute atomic E-state index is 3.45. The van der Waals surface area contributed by atoms with Gasteiger partial charge in [-0.3, -0.25) is 0 Å². The molecule has 0 spiro atoms. The molecule has 0 aliphatic rings. The number of aromatic nitrogens is 3. The van der Waals surface area contributed by atoms with E-state index in [1.807, 2.05) is 24.5 Å². The molecule has 86 valence electrons. The minimum absolute atomic E-state index is 0.928. The molecule has 0 saturated heterocycles. The van der Waals surface area contributed by atoms with Crippen LogP contribution in [0.15, 0.2) is 48.8 Å². The Labute approximate surface area is 99.9 Å². The van der Waals surface area contributed by atoms with E-state index in [-0.39, 0.29) is 0 Å². The molecule has 3 N–H and O–H groups in total. The van der Waals surface area contributed by atoms with Crippen LogP contribution >= 0.6 is 0 Å². The van der Waals surface area contributed by atoms with Gasteiger partial charge in [0.25, 0.3) is 0 Å². The Morgan fingerprint density at radius 1 is 0.647 bits per heavy atom. The van der Waals surface area contributed by atoms with Gasteiger partial charge in [-0.05, 0) is 36.4 Å². The molecular formula is C14H15N3. The molecule has 0 atom stereocenters. The first kappa shape index (κ1) is 10.0. The molecule has 3 nitrogen and oxygen atoms in total. The number of aromatic amines is 3. The molecule has 0 amide bonds. The minimum atomic E-state index is 0.928. The molecule has 0 unspecified atom stereocenters. The summed E-state index contributed by atoms with van der Waals surface area (Å²) in [6, 6.07) is 12.6. The molecule has 3 aromatic heterocycles. The molecule has 0 saturated carbocycles. The second-order valence-corrected chi connectivity index (χ2v) is 4.25. The molecule has 17 heavy (non-hydrogen) atoms. The van der Waals surface area contributed by atoms with Crippen LogP contribution in [0.3, 0.4) is 0 Å². The summed E-state index contributed by atoms with van der Waals surface area (Å²) in [4.78, 5) is 9.88. The van der Waals surface area contributed by atoms with Crippen molar-refractivity contribution in [1.29, 1.82) is 0 Å². The van der Waals surface area contributed by atoms with E-state index in [2.05, 4.69) is 39.2 Å². The van der Waals surface area contributed by atoms with Crippen molar-refractivity contribution in [3.63, 3.8) is 0 Å². The molecule has 0 aliphatic carbocycles. The van der Waals surface area contributed by atoms with Gasteiger partial charge in [0.15, 0.2) is 0 Å². The van der Waals surface area contributed by atoms with Gasteiger partial charge < -0.3 is 15.0 Å². The van der Waals surface area contributed by atoms with E-state index in [1.54, 1.807) is 0 Å². The van der Waals surface area contributed by atoms with Gasteiger partial charge in [-0.15, -0.1) is 0 Å². The SMILES string of the molecule is c1c[nH]c(Cc2ccc(Cc3ccc[nH]3)[nH]2)c1. The summed E-state index contributed by atoms with van der Waals surface area (Å²) < 4.78 is 0. The number of H-pyrrole nitrogens is 3. The van der Waals surface area contributed by atoms with Crippen LogP contribution in [-0.2, 0) is 12.8 Å². The number of hydrogen-bond acceptors (Lipinski definition) is 0. The second-order valence-electron chi connectivity index (χ2n) is 4.25. The maximum atomic E-state index is 3.45. The summed E-state index contributed by atoms with van der Waals surface area (Å²) in [6.07, 6.45) is 5.77. The first-order valence-electron chi connectivity index (χ1n) is 5.81. The third-order valence-corrected chi connectivity index (χ3v) is 2.89. The molecule has 3 heterocycles. The lowest BCUT2D eigenvalue weighted by Gasteiger charge is -1.97. The van der Waals surface area contributed by atoms with Gasteiger partial charge in [0, 0.05) is 48.0 Å². The zero-order chi connectivity index (χ0) is 11.5. The Kier molecular flexibility index (Phi) is 2.58. The highest BCUT2D eigenvalue weighted by atomic mass is 14.8. The van der Waals surface area contributed by atoms with Crippen LogP contribution < -0.4 is 0 Å². The Balaban J connectivity index is 1.70. The summed E-state index contributed by atoms with van der Waals surface area (Å²) in [6.45, 7) is 0. The molecule has 3 rings (SSSR count). The van der Waals surface area contributed by atoms with Gasteiger partial charge in [-0.25, -0.2) is 0 Å². The van der Waals surface area contributed by atoms with Gasteiger partial charge in [0.05, 0.1) is 0 Å². The van der Waals surface area contributed by atoms with Crippen molar-refractivity contribution < 1.29 is 0 Å². The predicted molar refractivity (Wildman–Crippen MR) is 68.0 cm³/mol. The van der Waals surface area contributed by atoms with Crippen LogP contribution in [0, 0.1) is 0 Å². The topological polar surface area (TPSA) is 47.4 Å². The quantitative estimate of drug-likeness (QED) is 0.611. The van der Waals surface area contributed by atoms with E-state index < -0.39 is 0 Å². The summed E-state index contributed by atoms with van der Waals surface area (Å²) in [5.41, 5.74) is 4.96. The van der Waals surface area contributed by atoms with Crippen molar-refractivity contribution in [2.75, 3.05) is 0 Å². The van der Waals surface area contributed by atoms with Crippen molar-refractivity contribution in [2.24, 2.45) is 0 Å². The van der Waals surface area contributed by atoms with Gasteiger partial charge in [-0.1, -0.05) is 0 Å². The van der Waals surface area contributed by atoms with E-state index in [4.69, 9.17) is 0 Å². The molecule has 0 aromatic carbocycles. The summed E-state index contributed by atoms with van der Waals surface area (Å²) in [5.74, 6) is 0. The number of rotatable bonds is 4. The second kappa shape index (κ2) is 4.37. The highest BCUT2D eigenvalue weighted by Crippen LogP contribution is 2.10. The predicted octanol–water partition coefficient (Wildman–Crippen LogP) is 2.85. The average Bonchev–Trinajstić information content (AvgIpc) is 3.02. The smallest absolute Gasteiger partial charge is 0.0278 e. The van der Waals surface area contributed by atoms with Crippen molar-refractivity contribution in [3.05, 3.63) is 71.6 Å². The fraction of sp³-hybridized carbons (Fsp3) is 0.143. The number of hydrogen-bond donors (Lipinski definition) is 3. The first-order valence-corrected chi connectivity index (χ1v) is 5.81. The van der Waals surface area contributed by atoms with E-state index in [9.17, 15) is 0 Å². The molecule has 0 radical (unpaired) electrons. The fourth-order valence-electron chi connectivity index (χ4n) is 2.06. The Hall–Kier alpha value is -2.16. The minimum Gasteiger partial charge on any atom is -0.365 e. The zero-order valence-corrected chi connectivity index (χ0v) is 9.53. The summed E-state index contributed by atoms with van der Waals surface area (Å²) >= 11 is 0. The highest BCUT2D eigenvalue weighted by molar-refractivity contribution is 5.22. The standard InChI is InChI=1S/C14H15N3/c1-3-11(15-7-1)9-13-5-6-14(17-13)10-12-4-2-8-16-12/h1-8,15-17H,9-10H2. The zero-order valence-electron chi connectivity index (χ0n) is 9.53. The fourth-order valence-corrected chi connectivity index (χ4v) is 2.06. The monoisotopic (exact) mass is 225 g/mol. The Morgan fingerprint density at radius 2 is 1.18 bits per heavy atom. The van der Waals surface area contributed by atoms with Gasteiger partial charge in [0.1, 0.15) is 0 Å². The van der Waals surface area contributed by atoms with E-state index in [1.165, 1.54) is 22.8 Å². The van der Waals surface area contributed by atoms with E-state index >= 15 is 0 Å². The summed E-state index contributed by atoms with van der Waals surface area (Å²) in [5, 5.41) is 0. The van der Waals surface area contributed by atoms with Crippen molar-refractivity contribution >= 4 is 0 Å². The number of nitrogens with one attached hydrogen (secondary N) is 3. The normalized spacial score (nSPS) is 10.8. The molecule has 3 heteroatoms. The third kappa shape index (κ3) is 2.33. The molecule has 0 bridgehead atoms. The van der Waals surface area contributed by atoms with E-state index in [0.717, 1.165) is 12.8 Å². The van der Waals surface area contributed by atoms with Gasteiger partial charge in [-0.2, -0.15) is 0 Å². The van der Waals surface area contributed by atoms with Crippen LogP contribution in [0.25, 0.3) is 0 Å². The van der Waals surface area contributed by atoms with Gasteiger partial charge in [0.2, 0.25) is 0 Å². The Bertz CT molecular complexity index is 508. The van der Waals surface area contributed by atoms with E-state index in [0.29, 0.717) is 0 Å². The van der Waals surface area contributed by atoms with Crippen molar-refractivity contribution in [1.82, 2.24) is 15.0 Å². The third-order valence-electron chi connectivity index (χ3n) is 2.89. The molecule has 0 aliphatic heterocycles. The lowest BCUT2D eigenvalue weighted by Crippen LogP contribution is -1.91. The van der Waals surface area contributed by atoms with Crippen molar-refractivity contribution in [3.8, 4) is 0 Å². The lowest BCUT2D eigenvalue weighted by molar-refractivity contribution is 0.995. The van der Waals surface area contributed by atoms with Crippen LogP contribution in [0.1, 0.15) is 22.8 Å². The van der Waals surface area contributed by atoms with Crippen LogP contribution in [0.2, 0.25) is 0 Å². The highest BCUT2D eigenvalue weighted by Gasteiger charge is 2.02. The molecule has 3 aromatic rings. The molecular weight excluding hydrogens is 210 g/mol. The molecule has 0 fully saturated rings. The largest absolute Gasteiger partial charge is 0.365 e. The van der Waals surface area contributed by atoms with Crippen LogP contribution in [0.5, 0.6) is 0 Å². The van der Waals surface area contributed by atoms with Crippen LogP contribution in [-0.4, -0.2) is 15.0 Å². The lowest BCUT2D eigenvalue weighted by atomic mass is 10.2. The van der Waals surface area contributed by atoms with Gasteiger partial charge >= 0.3 is 0 Å². The maximum Gasteiger partial charge on any atom is 0.0278 e. The van der Waals surface area contributed by atoms with Crippen LogP contribution in [0.4, 0.5) is 0 Å². The first-order chi connectivity index (χ1) is 8.40. The average molecular weight is 225 g/mol.